The first kappa shape index (κ1) is 23.1. The predicted molar refractivity (Wildman–Crippen MR) is 116 cm³/mol. The summed E-state index contributed by atoms with van der Waals surface area (Å²) < 4.78 is 48.6. The normalized spacial score (nSPS) is 24.8. The number of carbonyl (C=O) groups is 2. The molecule has 0 aromatic heterocycles. The summed E-state index contributed by atoms with van der Waals surface area (Å²) in [5.41, 5.74) is -0.478. The molecular formula is C24H26F3N3O3. The molecule has 2 N–H and O–H groups in total. The Morgan fingerprint density at radius 3 is 2.64 bits per heavy atom. The molecule has 0 saturated carbocycles. The third-order valence-corrected chi connectivity index (χ3v) is 6.52. The molecular weight excluding hydrogens is 435 g/mol. The van der Waals surface area contributed by atoms with E-state index < -0.39 is 29.0 Å². The van der Waals surface area contributed by atoms with Crippen LogP contribution in [0.4, 0.5) is 18.0 Å². The molecule has 3 amide bonds. The van der Waals surface area contributed by atoms with Crippen molar-refractivity contribution in [3.05, 3.63) is 59.4 Å². The third kappa shape index (κ3) is 4.29. The molecule has 3 atom stereocenters. The summed E-state index contributed by atoms with van der Waals surface area (Å²) in [4.78, 5) is 26.7. The van der Waals surface area contributed by atoms with Crippen LogP contribution in [0.1, 0.15) is 19.4 Å². The van der Waals surface area contributed by atoms with E-state index in [1.807, 2.05) is 6.92 Å². The number of hydrogen-bond donors (Lipinski definition) is 2. The molecule has 2 fully saturated rings. The molecule has 0 aliphatic carbocycles. The number of likely N-dealkylation sites (tertiary alicyclic amines) is 1. The second-order valence-electron chi connectivity index (χ2n) is 8.63. The highest BCUT2D eigenvalue weighted by Crippen LogP contribution is 2.38. The Hall–Kier alpha value is -3.07. The van der Waals surface area contributed by atoms with Crippen LogP contribution in [0.2, 0.25) is 0 Å². The lowest BCUT2D eigenvalue weighted by Gasteiger charge is -2.43. The van der Waals surface area contributed by atoms with E-state index in [1.54, 1.807) is 24.0 Å². The molecule has 6 nitrogen and oxygen atoms in total. The van der Waals surface area contributed by atoms with E-state index in [4.69, 9.17) is 4.74 Å². The number of carbonyl (C=O) groups excluding carboxylic acids is 2. The van der Waals surface area contributed by atoms with Crippen molar-refractivity contribution in [1.29, 1.82) is 0 Å². The number of halogens is 3. The van der Waals surface area contributed by atoms with E-state index in [-0.39, 0.29) is 54.2 Å². The number of ether oxygens (including phenoxy) is 1. The number of amides is 3. The first-order valence-corrected chi connectivity index (χ1v) is 10.9. The zero-order valence-corrected chi connectivity index (χ0v) is 18.5. The number of hydrogen-bond acceptors (Lipinski definition) is 3. The number of nitrogens with one attached hydrogen (secondary N) is 2. The van der Waals surface area contributed by atoms with Crippen LogP contribution in [-0.4, -0.2) is 54.7 Å². The average Bonchev–Trinajstić information content (AvgIpc) is 3.00. The fourth-order valence-corrected chi connectivity index (χ4v) is 4.93. The largest absolute Gasteiger partial charge is 0.369 e. The molecule has 2 aliphatic rings. The highest BCUT2D eigenvalue weighted by atomic mass is 19.1. The van der Waals surface area contributed by atoms with E-state index >= 15 is 4.39 Å². The summed E-state index contributed by atoms with van der Waals surface area (Å²) in [5.74, 6) is -2.67. The van der Waals surface area contributed by atoms with Gasteiger partial charge in [0.2, 0.25) is 5.91 Å². The standard InChI is InChI=1S/C24H26F3N3O3/c1-3-28-23(32)30-11-14(2)24(13-33-12-21(31)29-24)20(30)9-15-5-4-6-19(22(15)27)16-7-17(25)10-18(26)8-16/h4-8,10,14,20H,3,9,11-13H2,1-2H3,(H,28,32)(H,29,31)/t14-,20?,24?/m1/s1. The van der Waals surface area contributed by atoms with Gasteiger partial charge in [-0.2, -0.15) is 0 Å². The van der Waals surface area contributed by atoms with Crippen molar-refractivity contribution >= 4 is 11.9 Å². The van der Waals surface area contributed by atoms with Crippen molar-refractivity contribution in [1.82, 2.24) is 15.5 Å². The highest BCUT2D eigenvalue weighted by Gasteiger charge is 2.56. The quantitative estimate of drug-likeness (QED) is 0.735. The zero-order valence-electron chi connectivity index (χ0n) is 18.5. The first-order valence-electron chi connectivity index (χ1n) is 10.9. The minimum atomic E-state index is -0.881. The van der Waals surface area contributed by atoms with Gasteiger partial charge in [0.05, 0.1) is 18.2 Å². The van der Waals surface area contributed by atoms with E-state index in [0.717, 1.165) is 18.2 Å². The Morgan fingerprint density at radius 1 is 1.24 bits per heavy atom. The van der Waals surface area contributed by atoms with Crippen LogP contribution in [0.25, 0.3) is 11.1 Å². The van der Waals surface area contributed by atoms with Crippen LogP contribution in [0.5, 0.6) is 0 Å². The summed E-state index contributed by atoms with van der Waals surface area (Å²) in [6, 6.07) is 6.60. The molecule has 0 bridgehead atoms. The van der Waals surface area contributed by atoms with Crippen LogP contribution in [-0.2, 0) is 16.0 Å². The smallest absolute Gasteiger partial charge is 0.317 e. The van der Waals surface area contributed by atoms with Gasteiger partial charge >= 0.3 is 6.03 Å². The molecule has 2 aliphatic heterocycles. The number of rotatable bonds is 4. The van der Waals surface area contributed by atoms with Crippen molar-refractivity contribution in [3.8, 4) is 11.1 Å². The first-order chi connectivity index (χ1) is 15.7. The molecule has 2 unspecified atom stereocenters. The molecule has 4 rings (SSSR count). The van der Waals surface area contributed by atoms with Gasteiger partial charge in [-0.3, -0.25) is 4.79 Å². The van der Waals surface area contributed by atoms with Gasteiger partial charge < -0.3 is 20.3 Å². The molecule has 0 radical (unpaired) electrons. The van der Waals surface area contributed by atoms with Crippen LogP contribution < -0.4 is 10.6 Å². The van der Waals surface area contributed by atoms with Gasteiger partial charge in [-0.25, -0.2) is 18.0 Å². The monoisotopic (exact) mass is 461 g/mol. The lowest BCUT2D eigenvalue weighted by molar-refractivity contribution is -0.137. The van der Waals surface area contributed by atoms with Crippen molar-refractivity contribution < 1.29 is 27.5 Å². The minimum absolute atomic E-state index is 0.0551. The third-order valence-electron chi connectivity index (χ3n) is 6.52. The SMILES string of the molecule is CCNC(=O)N1C[C@@H](C)C2(COCC(=O)N2)C1Cc1cccc(-c2cc(F)cc(F)c2)c1F. The molecule has 2 heterocycles. The van der Waals surface area contributed by atoms with Gasteiger partial charge in [0.15, 0.2) is 0 Å². The Morgan fingerprint density at radius 2 is 1.97 bits per heavy atom. The lowest BCUT2D eigenvalue weighted by Crippen LogP contribution is -2.66. The summed E-state index contributed by atoms with van der Waals surface area (Å²) in [5, 5.41) is 5.79. The number of nitrogens with zero attached hydrogens (tertiary/aromatic N) is 1. The Balaban J connectivity index is 1.74. The van der Waals surface area contributed by atoms with Gasteiger partial charge in [0.1, 0.15) is 24.1 Å². The van der Waals surface area contributed by atoms with Crippen LogP contribution in [0.3, 0.4) is 0 Å². The topological polar surface area (TPSA) is 70.7 Å². The maximum absolute atomic E-state index is 15.6. The Kier molecular flexibility index (Phi) is 6.34. The van der Waals surface area contributed by atoms with Crippen molar-refractivity contribution in [2.45, 2.75) is 31.8 Å². The maximum Gasteiger partial charge on any atom is 0.317 e. The van der Waals surface area contributed by atoms with Gasteiger partial charge in [-0.05, 0) is 36.6 Å². The molecule has 2 aromatic rings. The van der Waals surface area contributed by atoms with Crippen molar-refractivity contribution in [2.24, 2.45) is 5.92 Å². The molecule has 2 aromatic carbocycles. The van der Waals surface area contributed by atoms with Crippen molar-refractivity contribution in [2.75, 3.05) is 26.3 Å². The highest BCUT2D eigenvalue weighted by molar-refractivity contribution is 5.80. The minimum Gasteiger partial charge on any atom is -0.369 e. The zero-order chi connectivity index (χ0) is 23.8. The second-order valence-corrected chi connectivity index (χ2v) is 8.63. The summed E-state index contributed by atoms with van der Waals surface area (Å²) in [6.45, 7) is 4.62. The number of morpholine rings is 1. The van der Waals surface area contributed by atoms with Crippen molar-refractivity contribution in [3.63, 3.8) is 0 Å². The second kappa shape index (κ2) is 9.05. The van der Waals surface area contributed by atoms with Gasteiger partial charge in [-0.15, -0.1) is 0 Å². The maximum atomic E-state index is 15.6. The van der Waals surface area contributed by atoms with Crippen LogP contribution >= 0.6 is 0 Å². The van der Waals surface area contributed by atoms with Crippen LogP contribution in [0, 0.1) is 23.4 Å². The van der Waals surface area contributed by atoms with E-state index in [9.17, 15) is 18.4 Å². The number of benzene rings is 2. The lowest BCUT2D eigenvalue weighted by atomic mass is 9.79. The fourth-order valence-electron chi connectivity index (χ4n) is 4.93. The summed E-state index contributed by atoms with van der Waals surface area (Å²) in [6.07, 6.45) is 0.0859. The summed E-state index contributed by atoms with van der Waals surface area (Å²) in [7, 11) is 0. The van der Waals surface area contributed by atoms with E-state index in [0.29, 0.717) is 13.1 Å². The van der Waals surface area contributed by atoms with E-state index in [1.165, 1.54) is 6.07 Å². The Bertz CT molecular complexity index is 1060. The Labute approximate surface area is 190 Å². The summed E-state index contributed by atoms with van der Waals surface area (Å²) >= 11 is 0. The van der Waals surface area contributed by atoms with Gasteiger partial charge in [-0.1, -0.05) is 25.1 Å². The number of urea groups is 1. The van der Waals surface area contributed by atoms with E-state index in [2.05, 4.69) is 10.6 Å². The molecule has 1 spiro atoms. The average molecular weight is 461 g/mol. The van der Waals surface area contributed by atoms with Gasteiger partial charge in [0.25, 0.3) is 0 Å². The molecule has 176 valence electrons. The fraction of sp³-hybridized carbons (Fsp3) is 0.417. The molecule has 9 heteroatoms. The van der Waals surface area contributed by atoms with Crippen LogP contribution in [0.15, 0.2) is 36.4 Å². The molecule has 2 saturated heterocycles. The van der Waals surface area contributed by atoms with Gasteiger partial charge in [0, 0.05) is 30.6 Å². The molecule has 33 heavy (non-hydrogen) atoms. The predicted octanol–water partition coefficient (Wildman–Crippen LogP) is 3.25.